The normalized spacial score (nSPS) is 15.2. The molecule has 2 aromatic heterocycles. The molecule has 2 aromatic carbocycles. The van der Waals surface area contributed by atoms with E-state index in [4.69, 9.17) is 10.2 Å². The van der Waals surface area contributed by atoms with Crippen molar-refractivity contribution < 1.29 is 22.0 Å². The average Bonchev–Trinajstić information content (AvgIpc) is 3.48. The first-order valence-corrected chi connectivity index (χ1v) is 13.5. The standard InChI is InChI=1S/C30H31F4N5O3/c1-20-27(37-14-12-36(13-15-37)17-22-9-6-16-42-22)28(40)39(19-26(35)21-7-3-2-4-8-21)29(41)38(20)18-23-24(30(32,33)34)10-5-11-25(23)31/h2-11,16,26H,12-15,17-19,35H2,1H3/t26-/m1/s1. The van der Waals surface area contributed by atoms with Crippen LogP contribution in [0.2, 0.25) is 0 Å². The van der Waals surface area contributed by atoms with Crippen LogP contribution in [0.3, 0.4) is 0 Å². The Balaban J connectivity index is 1.56. The number of benzene rings is 2. The molecule has 0 spiro atoms. The lowest BCUT2D eigenvalue weighted by Crippen LogP contribution is -2.51. The van der Waals surface area contributed by atoms with Gasteiger partial charge in [-0.1, -0.05) is 36.4 Å². The molecule has 1 aliphatic rings. The van der Waals surface area contributed by atoms with E-state index in [-0.39, 0.29) is 17.9 Å². The van der Waals surface area contributed by atoms with E-state index in [2.05, 4.69) is 4.90 Å². The first kappa shape index (κ1) is 29.3. The van der Waals surface area contributed by atoms with Crippen LogP contribution in [0.15, 0.2) is 80.9 Å². The fourth-order valence-corrected chi connectivity index (χ4v) is 5.40. The summed E-state index contributed by atoms with van der Waals surface area (Å²) >= 11 is 0. The highest BCUT2D eigenvalue weighted by atomic mass is 19.4. The predicted molar refractivity (Wildman–Crippen MR) is 150 cm³/mol. The Morgan fingerprint density at radius 3 is 2.26 bits per heavy atom. The molecule has 1 saturated heterocycles. The van der Waals surface area contributed by atoms with Gasteiger partial charge < -0.3 is 15.1 Å². The molecule has 5 rings (SSSR count). The first-order valence-electron chi connectivity index (χ1n) is 13.5. The molecular formula is C30H31F4N5O3. The Kier molecular flexibility index (Phi) is 8.37. The maximum Gasteiger partial charge on any atom is 0.416 e. The Morgan fingerprint density at radius 2 is 1.62 bits per heavy atom. The van der Waals surface area contributed by atoms with Crippen molar-refractivity contribution in [3.63, 3.8) is 0 Å². The highest BCUT2D eigenvalue weighted by molar-refractivity contribution is 5.50. The Labute approximate surface area is 239 Å². The maximum absolute atomic E-state index is 14.9. The molecule has 42 heavy (non-hydrogen) atoms. The van der Waals surface area contributed by atoms with E-state index < -0.39 is 47.0 Å². The average molecular weight is 586 g/mol. The quantitative estimate of drug-likeness (QED) is 0.313. The van der Waals surface area contributed by atoms with Gasteiger partial charge in [-0.25, -0.2) is 9.18 Å². The Bertz CT molecular complexity index is 1640. The van der Waals surface area contributed by atoms with Crippen molar-refractivity contribution >= 4 is 5.69 Å². The van der Waals surface area contributed by atoms with Gasteiger partial charge in [0.1, 0.15) is 17.3 Å². The zero-order chi connectivity index (χ0) is 30.0. The number of alkyl halides is 3. The first-order chi connectivity index (χ1) is 20.0. The monoisotopic (exact) mass is 585 g/mol. The third-order valence-electron chi connectivity index (χ3n) is 7.65. The number of aromatic nitrogens is 2. The summed E-state index contributed by atoms with van der Waals surface area (Å²) in [5.41, 5.74) is 4.08. The van der Waals surface area contributed by atoms with Crippen molar-refractivity contribution in [2.75, 3.05) is 31.1 Å². The second-order valence-electron chi connectivity index (χ2n) is 10.3. The van der Waals surface area contributed by atoms with E-state index in [1.165, 1.54) is 6.92 Å². The zero-order valence-electron chi connectivity index (χ0n) is 23.0. The molecule has 0 bridgehead atoms. The van der Waals surface area contributed by atoms with E-state index >= 15 is 0 Å². The largest absolute Gasteiger partial charge is 0.468 e. The van der Waals surface area contributed by atoms with Gasteiger partial charge in [0.05, 0.1) is 31.5 Å². The van der Waals surface area contributed by atoms with Crippen LogP contribution in [0.5, 0.6) is 0 Å². The molecule has 0 unspecified atom stereocenters. The molecule has 1 atom stereocenters. The van der Waals surface area contributed by atoms with Crippen molar-refractivity contribution in [1.29, 1.82) is 0 Å². The highest BCUT2D eigenvalue weighted by Crippen LogP contribution is 2.33. The van der Waals surface area contributed by atoms with E-state index in [9.17, 15) is 27.2 Å². The maximum atomic E-state index is 14.9. The Morgan fingerprint density at radius 1 is 0.905 bits per heavy atom. The lowest BCUT2D eigenvalue weighted by Gasteiger charge is -2.36. The van der Waals surface area contributed by atoms with Crippen LogP contribution < -0.4 is 21.9 Å². The number of furan rings is 1. The number of hydrogen-bond donors (Lipinski definition) is 1. The number of nitrogens with zero attached hydrogens (tertiary/aromatic N) is 4. The van der Waals surface area contributed by atoms with E-state index in [0.717, 1.165) is 33.1 Å². The van der Waals surface area contributed by atoms with Gasteiger partial charge in [-0.2, -0.15) is 13.2 Å². The number of hydrogen-bond acceptors (Lipinski definition) is 6. The second kappa shape index (κ2) is 12.0. The van der Waals surface area contributed by atoms with Gasteiger partial charge in [0, 0.05) is 43.5 Å². The lowest BCUT2D eigenvalue weighted by molar-refractivity contribution is -0.138. The summed E-state index contributed by atoms with van der Waals surface area (Å²) in [6, 6.07) is 14.5. The highest BCUT2D eigenvalue weighted by Gasteiger charge is 2.35. The van der Waals surface area contributed by atoms with Crippen molar-refractivity contribution in [2.45, 2.75) is 38.8 Å². The summed E-state index contributed by atoms with van der Waals surface area (Å²) in [5, 5.41) is 0. The molecular weight excluding hydrogens is 554 g/mol. The molecule has 0 aliphatic carbocycles. The topological polar surface area (TPSA) is 89.6 Å². The molecule has 0 amide bonds. The minimum Gasteiger partial charge on any atom is -0.468 e. The van der Waals surface area contributed by atoms with Crippen LogP contribution in [0.4, 0.5) is 23.2 Å². The second-order valence-corrected chi connectivity index (χ2v) is 10.3. The summed E-state index contributed by atoms with van der Waals surface area (Å²) < 4.78 is 63.8. The summed E-state index contributed by atoms with van der Waals surface area (Å²) in [4.78, 5) is 31.6. The third-order valence-corrected chi connectivity index (χ3v) is 7.65. The summed E-state index contributed by atoms with van der Waals surface area (Å²) in [7, 11) is 0. The molecule has 1 aliphatic heterocycles. The fraction of sp³-hybridized carbons (Fsp3) is 0.333. The molecule has 2 N–H and O–H groups in total. The summed E-state index contributed by atoms with van der Waals surface area (Å²) in [5.74, 6) is -0.293. The van der Waals surface area contributed by atoms with E-state index in [0.29, 0.717) is 38.3 Å². The van der Waals surface area contributed by atoms with E-state index in [1.807, 2.05) is 11.0 Å². The molecule has 8 nitrogen and oxygen atoms in total. The van der Waals surface area contributed by atoms with Gasteiger partial charge in [-0.15, -0.1) is 0 Å². The molecule has 222 valence electrons. The van der Waals surface area contributed by atoms with Crippen LogP contribution in [-0.2, 0) is 25.8 Å². The molecule has 0 saturated carbocycles. The fourth-order valence-electron chi connectivity index (χ4n) is 5.40. The van der Waals surface area contributed by atoms with Gasteiger partial charge in [0.15, 0.2) is 0 Å². The third kappa shape index (κ3) is 6.04. The SMILES string of the molecule is Cc1c(N2CCN(Cc3ccco3)CC2)c(=O)n(C[C@@H](N)c2ccccc2)c(=O)n1Cc1c(F)cccc1C(F)(F)F. The molecule has 12 heteroatoms. The summed E-state index contributed by atoms with van der Waals surface area (Å²) in [6.45, 7) is 3.17. The van der Waals surface area contributed by atoms with Crippen LogP contribution >= 0.6 is 0 Å². The van der Waals surface area contributed by atoms with Crippen LogP contribution in [0.25, 0.3) is 0 Å². The van der Waals surface area contributed by atoms with Gasteiger partial charge >= 0.3 is 11.9 Å². The predicted octanol–water partition coefficient (Wildman–Crippen LogP) is 4.14. The molecule has 4 aromatic rings. The van der Waals surface area contributed by atoms with Gasteiger partial charge in [0.2, 0.25) is 0 Å². The van der Waals surface area contributed by atoms with Crippen molar-refractivity contribution in [1.82, 2.24) is 14.0 Å². The van der Waals surface area contributed by atoms with Crippen LogP contribution in [0.1, 0.15) is 34.2 Å². The van der Waals surface area contributed by atoms with Crippen molar-refractivity contribution in [3.8, 4) is 0 Å². The minimum absolute atomic E-state index is 0.158. The Hall–Kier alpha value is -4.16. The van der Waals surface area contributed by atoms with Crippen LogP contribution in [-0.4, -0.2) is 40.2 Å². The minimum atomic E-state index is -4.84. The van der Waals surface area contributed by atoms with Crippen molar-refractivity contribution in [3.05, 3.63) is 122 Å². The van der Waals surface area contributed by atoms with Gasteiger partial charge in [0.25, 0.3) is 5.56 Å². The molecule has 1 fully saturated rings. The molecule has 0 radical (unpaired) electrons. The van der Waals surface area contributed by atoms with Crippen molar-refractivity contribution in [2.24, 2.45) is 5.73 Å². The lowest BCUT2D eigenvalue weighted by atomic mass is 10.1. The number of piperazine rings is 1. The number of rotatable bonds is 8. The van der Waals surface area contributed by atoms with Gasteiger partial charge in [-0.3, -0.25) is 18.8 Å². The van der Waals surface area contributed by atoms with E-state index in [1.54, 1.807) is 42.7 Å². The smallest absolute Gasteiger partial charge is 0.416 e. The summed E-state index contributed by atoms with van der Waals surface area (Å²) in [6.07, 6.45) is -3.24. The number of halogens is 4. The van der Waals surface area contributed by atoms with Gasteiger partial charge in [-0.05, 0) is 36.8 Å². The van der Waals surface area contributed by atoms with Crippen LogP contribution in [0, 0.1) is 12.7 Å². The zero-order valence-corrected chi connectivity index (χ0v) is 23.0. The number of anilines is 1. The molecule has 3 heterocycles. The number of nitrogens with two attached hydrogens (primary N) is 1.